The molecule has 1 aliphatic rings. The molecule has 11 heteroatoms. The van der Waals surface area contributed by atoms with E-state index in [1.165, 1.54) is 4.90 Å². The van der Waals surface area contributed by atoms with Crippen LogP contribution in [0.1, 0.15) is 23.8 Å². The summed E-state index contributed by atoms with van der Waals surface area (Å²) in [4.78, 5) is 27.3. The van der Waals surface area contributed by atoms with Crippen LogP contribution in [0.2, 0.25) is 0 Å². The third-order valence-electron chi connectivity index (χ3n) is 4.63. The molecule has 0 bridgehead atoms. The molecule has 3 heterocycles. The van der Waals surface area contributed by atoms with Crippen molar-refractivity contribution in [3.63, 3.8) is 0 Å². The predicted molar refractivity (Wildman–Crippen MR) is 119 cm³/mol. The van der Waals surface area contributed by atoms with E-state index >= 15 is 0 Å². The van der Waals surface area contributed by atoms with Crippen LogP contribution in [0.3, 0.4) is 0 Å². The third-order valence-corrected chi connectivity index (χ3v) is 6.31. The molecule has 1 aliphatic heterocycles. The molecule has 1 atom stereocenters. The number of rotatable bonds is 9. The van der Waals surface area contributed by atoms with Gasteiger partial charge in [0.25, 0.3) is 11.1 Å². The zero-order valence-corrected chi connectivity index (χ0v) is 19.0. The smallest absolute Gasteiger partial charge is 0.277 e. The molecule has 32 heavy (non-hydrogen) atoms. The van der Waals surface area contributed by atoms with Gasteiger partial charge < -0.3 is 24.1 Å². The summed E-state index contributed by atoms with van der Waals surface area (Å²) in [5.74, 6) is 1.26. The van der Waals surface area contributed by atoms with Gasteiger partial charge >= 0.3 is 0 Å². The number of carbonyl (C=O) groups is 2. The van der Waals surface area contributed by atoms with Gasteiger partial charge in [-0.05, 0) is 30.5 Å². The number of thiophene rings is 1. The van der Waals surface area contributed by atoms with E-state index in [0.29, 0.717) is 24.6 Å². The van der Waals surface area contributed by atoms with E-state index in [1.54, 1.807) is 11.3 Å². The normalized spacial score (nSPS) is 14.7. The minimum Gasteiger partial charge on any atom is -0.485 e. The van der Waals surface area contributed by atoms with Crippen LogP contribution in [-0.4, -0.2) is 52.4 Å². The molecule has 1 aromatic carbocycles. The second-order valence-electron chi connectivity index (χ2n) is 6.82. The Bertz CT molecular complexity index is 1060. The van der Waals surface area contributed by atoms with Crippen molar-refractivity contribution >= 4 is 34.9 Å². The number of nitrogens with one attached hydrogen (secondary N) is 1. The number of ether oxygens (including phenoxy) is 2. The number of benzene rings is 1. The Morgan fingerprint density at radius 2 is 2.06 bits per heavy atom. The first-order valence-corrected chi connectivity index (χ1v) is 11.9. The summed E-state index contributed by atoms with van der Waals surface area (Å²) in [7, 11) is 0. The van der Waals surface area contributed by atoms with Crippen LogP contribution in [0.4, 0.5) is 0 Å². The Morgan fingerprint density at radius 1 is 1.22 bits per heavy atom. The predicted octanol–water partition coefficient (Wildman–Crippen LogP) is 2.90. The number of carbonyl (C=O) groups excluding carboxylic acids is 2. The van der Waals surface area contributed by atoms with Gasteiger partial charge in [-0.3, -0.25) is 9.59 Å². The maximum atomic E-state index is 12.6. The second kappa shape index (κ2) is 10.5. The molecule has 2 aromatic heterocycles. The molecule has 0 spiro atoms. The molecule has 1 N–H and O–H groups in total. The summed E-state index contributed by atoms with van der Waals surface area (Å²) in [6.07, 6.45) is -0.512. The fourth-order valence-corrected chi connectivity index (χ4v) is 4.29. The molecule has 0 fully saturated rings. The Kier molecular flexibility index (Phi) is 7.28. The largest absolute Gasteiger partial charge is 0.485 e. The van der Waals surface area contributed by atoms with Crippen LogP contribution >= 0.6 is 23.1 Å². The molecule has 0 radical (unpaired) electrons. The molecule has 0 aliphatic carbocycles. The first-order chi connectivity index (χ1) is 15.6. The van der Waals surface area contributed by atoms with Crippen LogP contribution in [0.15, 0.2) is 51.4 Å². The molecule has 0 saturated heterocycles. The van der Waals surface area contributed by atoms with Crippen molar-refractivity contribution in [1.29, 1.82) is 0 Å². The number of thioether (sulfide) groups is 1. The van der Waals surface area contributed by atoms with Crippen LogP contribution in [0, 0.1) is 0 Å². The van der Waals surface area contributed by atoms with E-state index in [9.17, 15) is 9.59 Å². The quantitative estimate of drug-likeness (QED) is 0.472. The highest BCUT2D eigenvalue weighted by Crippen LogP contribution is 2.35. The number of fused-ring (bicyclic) bond motifs is 1. The van der Waals surface area contributed by atoms with Crippen molar-refractivity contribution < 1.29 is 23.5 Å². The van der Waals surface area contributed by atoms with Crippen molar-refractivity contribution in [2.45, 2.75) is 24.8 Å². The Morgan fingerprint density at radius 3 is 2.84 bits per heavy atom. The fourth-order valence-electron chi connectivity index (χ4n) is 2.97. The van der Waals surface area contributed by atoms with Gasteiger partial charge in [-0.25, -0.2) is 0 Å². The molecule has 4 rings (SSSR count). The molecule has 168 valence electrons. The maximum Gasteiger partial charge on any atom is 0.277 e. The minimum absolute atomic E-state index is 0.00299. The average Bonchev–Trinajstić information content (AvgIpc) is 3.51. The highest BCUT2D eigenvalue weighted by molar-refractivity contribution is 7.99. The van der Waals surface area contributed by atoms with Gasteiger partial charge in [-0.2, -0.15) is 0 Å². The zero-order valence-electron chi connectivity index (χ0n) is 17.4. The molecular formula is C21H22N4O5S2. The third kappa shape index (κ3) is 5.60. The van der Waals surface area contributed by atoms with E-state index in [-0.39, 0.29) is 41.8 Å². The summed E-state index contributed by atoms with van der Waals surface area (Å²) < 4.78 is 17.2. The van der Waals surface area contributed by atoms with Gasteiger partial charge in [-0.1, -0.05) is 30.0 Å². The number of hydrogen-bond donors (Lipinski definition) is 1. The number of hydrogen-bond acceptors (Lipinski definition) is 9. The summed E-state index contributed by atoms with van der Waals surface area (Å²) in [5, 5.41) is 13.0. The SMILES string of the molecule is CCN(CC(=O)NCc1cccs1)C(=O)CSc1nnc(C2COc3ccccc3O2)o1. The fraction of sp³-hybridized carbons (Fsp3) is 0.333. The topological polar surface area (TPSA) is 107 Å². The minimum atomic E-state index is -0.512. The van der Waals surface area contributed by atoms with E-state index < -0.39 is 6.10 Å². The van der Waals surface area contributed by atoms with Gasteiger partial charge in [0.15, 0.2) is 11.5 Å². The van der Waals surface area contributed by atoms with Crippen molar-refractivity contribution in [2.24, 2.45) is 0 Å². The number of likely N-dealkylation sites (N-methyl/N-ethyl adjacent to an activating group) is 1. The molecule has 0 saturated carbocycles. The van der Waals surface area contributed by atoms with E-state index in [1.807, 2.05) is 48.7 Å². The second-order valence-corrected chi connectivity index (χ2v) is 8.78. The molecule has 1 unspecified atom stereocenters. The van der Waals surface area contributed by atoms with E-state index in [0.717, 1.165) is 16.6 Å². The van der Waals surface area contributed by atoms with E-state index in [4.69, 9.17) is 13.9 Å². The van der Waals surface area contributed by atoms with Crippen LogP contribution in [-0.2, 0) is 16.1 Å². The molecule has 2 amide bonds. The lowest BCUT2D eigenvalue weighted by atomic mass is 10.2. The summed E-state index contributed by atoms with van der Waals surface area (Å²) >= 11 is 2.70. The lowest BCUT2D eigenvalue weighted by molar-refractivity contribution is -0.133. The average molecular weight is 475 g/mol. The zero-order chi connectivity index (χ0) is 22.3. The lowest BCUT2D eigenvalue weighted by Gasteiger charge is -2.23. The molecular weight excluding hydrogens is 452 g/mol. The Labute approximate surface area is 193 Å². The summed E-state index contributed by atoms with van der Waals surface area (Å²) in [6, 6.07) is 11.2. The lowest BCUT2D eigenvalue weighted by Crippen LogP contribution is -2.41. The van der Waals surface area contributed by atoms with Gasteiger partial charge in [0.2, 0.25) is 17.9 Å². The first-order valence-electron chi connectivity index (χ1n) is 10.0. The summed E-state index contributed by atoms with van der Waals surface area (Å²) in [6.45, 7) is 2.97. The highest BCUT2D eigenvalue weighted by atomic mass is 32.2. The van der Waals surface area contributed by atoms with Crippen molar-refractivity contribution in [2.75, 3.05) is 25.4 Å². The maximum absolute atomic E-state index is 12.6. The van der Waals surface area contributed by atoms with Crippen LogP contribution in [0.25, 0.3) is 0 Å². The van der Waals surface area contributed by atoms with Gasteiger partial charge in [0, 0.05) is 11.4 Å². The number of amides is 2. The van der Waals surface area contributed by atoms with Gasteiger partial charge in [0.05, 0.1) is 18.8 Å². The van der Waals surface area contributed by atoms with Crippen molar-refractivity contribution in [3.8, 4) is 11.5 Å². The molecule has 9 nitrogen and oxygen atoms in total. The van der Waals surface area contributed by atoms with Gasteiger partial charge in [-0.15, -0.1) is 21.5 Å². The summed E-state index contributed by atoms with van der Waals surface area (Å²) in [5.41, 5.74) is 0. The highest BCUT2D eigenvalue weighted by Gasteiger charge is 2.27. The Hall–Kier alpha value is -3.05. The Balaban J connectivity index is 1.25. The van der Waals surface area contributed by atoms with Crippen molar-refractivity contribution in [1.82, 2.24) is 20.4 Å². The van der Waals surface area contributed by atoms with Crippen molar-refractivity contribution in [3.05, 3.63) is 52.5 Å². The standard InChI is InChI=1S/C21H22N4O5S2/c1-2-25(11-18(26)22-10-14-6-5-9-31-14)19(27)13-32-21-24-23-20(30-21)17-12-28-15-7-3-4-8-16(15)29-17/h3-9,17H,2,10-13H2,1H3,(H,22,26). The van der Waals surface area contributed by atoms with E-state index in [2.05, 4.69) is 15.5 Å². The van der Waals surface area contributed by atoms with Crippen LogP contribution < -0.4 is 14.8 Å². The number of aromatic nitrogens is 2. The first kappa shape index (κ1) is 22.2. The van der Waals surface area contributed by atoms with Crippen LogP contribution in [0.5, 0.6) is 11.5 Å². The number of nitrogens with zero attached hydrogens (tertiary/aromatic N) is 3. The number of para-hydroxylation sites is 2. The monoisotopic (exact) mass is 474 g/mol. The molecule has 3 aromatic rings. The van der Waals surface area contributed by atoms with Gasteiger partial charge in [0.1, 0.15) is 6.61 Å².